The third kappa shape index (κ3) is 4.63. The Morgan fingerprint density at radius 3 is 2.27 bits per heavy atom. The Bertz CT molecular complexity index is 690. The van der Waals surface area contributed by atoms with Crippen LogP contribution in [0.1, 0.15) is 33.1 Å². The molecule has 2 nitrogen and oxygen atoms in total. The molecule has 0 aromatic heterocycles. The average molecular weight is 330 g/mol. The van der Waals surface area contributed by atoms with Gasteiger partial charge in [0.05, 0.1) is 9.80 Å². The van der Waals surface area contributed by atoms with E-state index in [9.17, 15) is 21.6 Å². The van der Waals surface area contributed by atoms with Gasteiger partial charge in [-0.1, -0.05) is 43.4 Å². The molecule has 120 valence electrons. The number of alkyl halides is 3. The SMILES string of the molecule is CCCCC#C/C(=C(/C)S(=O)(=O)c1ccccc1)C(F)(F)F. The molecule has 0 spiro atoms. The zero-order valence-electron chi connectivity index (χ0n) is 12.4. The fraction of sp³-hybridized carbons (Fsp3) is 0.375. The normalized spacial score (nSPS) is 13.1. The molecule has 0 fully saturated rings. The van der Waals surface area contributed by atoms with E-state index in [1.807, 2.05) is 12.8 Å². The van der Waals surface area contributed by atoms with Crippen LogP contribution in [0.2, 0.25) is 0 Å². The van der Waals surface area contributed by atoms with Gasteiger partial charge in [-0.3, -0.25) is 0 Å². The molecular formula is C16H17F3O2S. The second-order valence-electron chi connectivity index (χ2n) is 4.65. The second kappa shape index (κ2) is 7.50. The number of halogens is 3. The van der Waals surface area contributed by atoms with E-state index < -0.39 is 26.5 Å². The van der Waals surface area contributed by atoms with Crippen molar-refractivity contribution in [1.82, 2.24) is 0 Å². The minimum absolute atomic E-state index is 0.176. The van der Waals surface area contributed by atoms with E-state index in [0.29, 0.717) is 12.8 Å². The molecule has 0 N–H and O–H groups in total. The highest BCUT2D eigenvalue weighted by Gasteiger charge is 2.38. The molecule has 0 aliphatic carbocycles. The average Bonchev–Trinajstić information content (AvgIpc) is 2.46. The predicted octanol–water partition coefficient (Wildman–Crippen LogP) is 4.49. The number of benzene rings is 1. The molecular weight excluding hydrogens is 313 g/mol. The monoisotopic (exact) mass is 330 g/mol. The van der Waals surface area contributed by atoms with E-state index in [2.05, 4.69) is 5.92 Å². The van der Waals surface area contributed by atoms with Crippen molar-refractivity contribution < 1.29 is 21.6 Å². The summed E-state index contributed by atoms with van der Waals surface area (Å²) in [7, 11) is -4.21. The van der Waals surface area contributed by atoms with E-state index in [1.165, 1.54) is 24.3 Å². The molecule has 1 aromatic carbocycles. The van der Waals surface area contributed by atoms with E-state index in [0.717, 1.165) is 13.3 Å². The van der Waals surface area contributed by atoms with Crippen LogP contribution in [0.4, 0.5) is 13.2 Å². The Hall–Kier alpha value is -1.74. The molecule has 0 atom stereocenters. The van der Waals surface area contributed by atoms with Gasteiger partial charge in [-0.2, -0.15) is 13.2 Å². The van der Waals surface area contributed by atoms with Crippen molar-refractivity contribution >= 4 is 9.84 Å². The fourth-order valence-corrected chi connectivity index (χ4v) is 2.99. The van der Waals surface area contributed by atoms with E-state index in [1.54, 1.807) is 6.07 Å². The summed E-state index contributed by atoms with van der Waals surface area (Å²) >= 11 is 0. The Kier molecular flexibility index (Phi) is 6.24. The highest BCUT2D eigenvalue weighted by molar-refractivity contribution is 7.95. The van der Waals surface area contributed by atoms with Crippen LogP contribution < -0.4 is 0 Å². The number of sulfone groups is 1. The van der Waals surface area contributed by atoms with Gasteiger partial charge < -0.3 is 0 Å². The molecule has 0 saturated heterocycles. The molecule has 0 amide bonds. The molecule has 6 heteroatoms. The van der Waals surface area contributed by atoms with Gasteiger partial charge >= 0.3 is 6.18 Å². The number of rotatable bonds is 4. The second-order valence-corrected chi connectivity index (χ2v) is 6.74. The van der Waals surface area contributed by atoms with Crippen LogP contribution in [0, 0.1) is 11.8 Å². The Labute approximate surface area is 129 Å². The van der Waals surface area contributed by atoms with Crippen LogP contribution in [0.5, 0.6) is 0 Å². The molecule has 1 aromatic rings. The van der Waals surface area contributed by atoms with Crippen LogP contribution in [0.25, 0.3) is 0 Å². The van der Waals surface area contributed by atoms with Crippen molar-refractivity contribution in [2.24, 2.45) is 0 Å². The number of unbranched alkanes of at least 4 members (excludes halogenated alkanes) is 2. The minimum atomic E-state index is -4.80. The standard InChI is InChI=1S/C16H17F3O2S/c1-3-4-5-9-12-15(16(17,18)19)13(2)22(20,21)14-10-7-6-8-11-14/h6-8,10-11H,3-5H2,1-2H3/b15-13+. The summed E-state index contributed by atoms with van der Waals surface area (Å²) in [6.07, 6.45) is -3.02. The number of hydrogen-bond donors (Lipinski definition) is 0. The Morgan fingerprint density at radius 1 is 1.18 bits per heavy atom. The van der Waals surface area contributed by atoms with Crippen LogP contribution >= 0.6 is 0 Å². The van der Waals surface area contributed by atoms with Crippen molar-refractivity contribution in [2.75, 3.05) is 0 Å². The lowest BCUT2D eigenvalue weighted by Gasteiger charge is -2.11. The van der Waals surface area contributed by atoms with Gasteiger partial charge in [0.2, 0.25) is 9.84 Å². The summed E-state index contributed by atoms with van der Waals surface area (Å²) in [4.78, 5) is -0.945. The van der Waals surface area contributed by atoms with Crippen LogP contribution in [-0.2, 0) is 9.84 Å². The van der Waals surface area contributed by atoms with Crippen LogP contribution in [-0.4, -0.2) is 14.6 Å². The Balaban J connectivity index is 3.36. The van der Waals surface area contributed by atoms with Crippen LogP contribution in [0.15, 0.2) is 45.7 Å². The first kappa shape index (κ1) is 18.3. The summed E-state index contributed by atoms with van der Waals surface area (Å²) in [5, 5.41) is 0. The lowest BCUT2D eigenvalue weighted by atomic mass is 10.2. The zero-order valence-corrected chi connectivity index (χ0v) is 13.2. The summed E-state index contributed by atoms with van der Waals surface area (Å²) in [6.45, 7) is 2.84. The van der Waals surface area contributed by atoms with E-state index >= 15 is 0 Å². The molecule has 22 heavy (non-hydrogen) atoms. The zero-order chi connectivity index (χ0) is 16.8. The first-order valence-corrected chi connectivity index (χ1v) is 8.26. The molecule has 1 rings (SSSR count). The molecule has 0 bridgehead atoms. The van der Waals surface area contributed by atoms with Gasteiger partial charge in [0.25, 0.3) is 0 Å². The third-order valence-corrected chi connectivity index (χ3v) is 4.86. The van der Waals surface area contributed by atoms with Gasteiger partial charge in [-0.05, 0) is 25.5 Å². The lowest BCUT2D eigenvalue weighted by Crippen LogP contribution is -2.16. The summed E-state index contributed by atoms with van der Waals surface area (Å²) in [5.41, 5.74) is -1.30. The highest BCUT2D eigenvalue weighted by atomic mass is 32.2. The molecule has 0 radical (unpaired) electrons. The van der Waals surface area contributed by atoms with Crippen molar-refractivity contribution in [3.05, 3.63) is 40.8 Å². The van der Waals surface area contributed by atoms with Gasteiger partial charge in [-0.15, -0.1) is 0 Å². The maximum Gasteiger partial charge on any atom is 0.425 e. The summed E-state index contributed by atoms with van der Waals surface area (Å²) in [6, 6.07) is 7.03. The largest absolute Gasteiger partial charge is 0.425 e. The van der Waals surface area contributed by atoms with Crippen molar-refractivity contribution in [3.63, 3.8) is 0 Å². The van der Waals surface area contributed by atoms with Gasteiger partial charge in [0.15, 0.2) is 0 Å². The third-order valence-electron chi connectivity index (χ3n) is 2.96. The molecule has 0 unspecified atom stereocenters. The quantitative estimate of drug-likeness (QED) is 0.602. The maximum atomic E-state index is 13.1. The summed E-state index contributed by atoms with van der Waals surface area (Å²) in [5.74, 6) is 4.40. The van der Waals surface area contributed by atoms with Gasteiger partial charge in [0, 0.05) is 6.42 Å². The smallest absolute Gasteiger partial charge is 0.219 e. The molecule has 0 aliphatic heterocycles. The molecule has 0 saturated carbocycles. The van der Waals surface area contributed by atoms with E-state index in [4.69, 9.17) is 0 Å². The van der Waals surface area contributed by atoms with Crippen molar-refractivity contribution in [2.45, 2.75) is 44.2 Å². The predicted molar refractivity (Wildman–Crippen MR) is 79.7 cm³/mol. The maximum absolute atomic E-state index is 13.1. The van der Waals surface area contributed by atoms with Gasteiger partial charge in [0.1, 0.15) is 5.57 Å². The first-order valence-electron chi connectivity index (χ1n) is 6.78. The topological polar surface area (TPSA) is 34.1 Å². The molecule has 0 aliphatic rings. The minimum Gasteiger partial charge on any atom is -0.219 e. The number of allylic oxidation sites excluding steroid dienone is 2. The van der Waals surface area contributed by atoms with Crippen LogP contribution in [0.3, 0.4) is 0 Å². The van der Waals surface area contributed by atoms with E-state index in [-0.39, 0.29) is 4.90 Å². The van der Waals surface area contributed by atoms with Crippen molar-refractivity contribution in [3.8, 4) is 11.8 Å². The molecule has 0 heterocycles. The highest BCUT2D eigenvalue weighted by Crippen LogP contribution is 2.32. The lowest BCUT2D eigenvalue weighted by molar-refractivity contribution is -0.0875. The fourth-order valence-electron chi connectivity index (χ4n) is 1.69. The first-order chi connectivity index (χ1) is 10.2. The Morgan fingerprint density at radius 2 is 1.77 bits per heavy atom. The van der Waals surface area contributed by atoms with Gasteiger partial charge in [-0.25, -0.2) is 8.42 Å². The van der Waals surface area contributed by atoms with Crippen molar-refractivity contribution in [1.29, 1.82) is 0 Å². The number of hydrogen-bond acceptors (Lipinski definition) is 2. The summed E-state index contributed by atoms with van der Waals surface area (Å²) < 4.78 is 63.9.